The fourth-order valence-corrected chi connectivity index (χ4v) is 2.92. The molecule has 0 saturated carbocycles. The fourth-order valence-electron chi connectivity index (χ4n) is 2.92. The Bertz CT molecular complexity index is 825. The lowest BCUT2D eigenvalue weighted by Gasteiger charge is -2.33. The lowest BCUT2D eigenvalue weighted by atomic mass is 10.2. The molecule has 26 heavy (non-hydrogen) atoms. The summed E-state index contributed by atoms with van der Waals surface area (Å²) >= 11 is 0. The smallest absolute Gasteiger partial charge is 0.264 e. The Morgan fingerprint density at radius 3 is 2.58 bits per heavy atom. The summed E-state index contributed by atoms with van der Waals surface area (Å²) in [6.07, 6.45) is 1.90. The van der Waals surface area contributed by atoms with Gasteiger partial charge in [0.25, 0.3) is 11.8 Å². The van der Waals surface area contributed by atoms with Gasteiger partial charge in [-0.1, -0.05) is 24.3 Å². The second kappa shape index (κ2) is 7.53. The first kappa shape index (κ1) is 16.5. The van der Waals surface area contributed by atoms with Crippen LogP contribution in [0.4, 0.5) is 11.8 Å². The molecule has 3 heterocycles. The number of hydrogen-bond donors (Lipinski definition) is 1. The molecule has 0 unspecified atom stereocenters. The standard InChI is InChI=1S/C19H22N6O/c1-24-9-11-25(12-10-24)17-8-7-15(13-20-17)14-21-19-22-18(26-23-19)16-5-3-2-4-6-16/h2-8,13H,9-12,14H2,1H3,(H,21,23). The molecule has 7 nitrogen and oxygen atoms in total. The minimum absolute atomic E-state index is 0.479. The van der Waals surface area contributed by atoms with E-state index in [2.05, 4.69) is 49.4 Å². The average molecular weight is 350 g/mol. The number of nitrogens with zero attached hydrogens (tertiary/aromatic N) is 5. The van der Waals surface area contributed by atoms with E-state index in [9.17, 15) is 0 Å². The van der Waals surface area contributed by atoms with E-state index in [0.29, 0.717) is 18.4 Å². The summed E-state index contributed by atoms with van der Waals surface area (Å²) in [5.74, 6) is 2.02. The van der Waals surface area contributed by atoms with E-state index < -0.39 is 0 Å². The molecule has 3 aromatic rings. The van der Waals surface area contributed by atoms with Crippen LogP contribution in [0.25, 0.3) is 11.5 Å². The molecular weight excluding hydrogens is 328 g/mol. The minimum Gasteiger partial charge on any atom is -0.354 e. The number of benzene rings is 1. The normalized spacial score (nSPS) is 15.2. The Balaban J connectivity index is 1.34. The van der Waals surface area contributed by atoms with Crippen molar-refractivity contribution in [3.05, 3.63) is 54.2 Å². The van der Waals surface area contributed by atoms with E-state index in [4.69, 9.17) is 4.52 Å². The van der Waals surface area contributed by atoms with Crippen molar-refractivity contribution in [2.24, 2.45) is 0 Å². The van der Waals surface area contributed by atoms with Gasteiger partial charge in [0.15, 0.2) is 0 Å². The molecule has 1 aliphatic heterocycles. The molecule has 0 radical (unpaired) electrons. The summed E-state index contributed by atoms with van der Waals surface area (Å²) in [5.41, 5.74) is 1.99. The maximum Gasteiger partial charge on any atom is 0.264 e. The van der Waals surface area contributed by atoms with E-state index >= 15 is 0 Å². The molecular formula is C19H22N6O. The molecule has 1 aliphatic rings. The molecule has 2 aromatic heterocycles. The number of aromatic nitrogens is 3. The van der Waals surface area contributed by atoms with Gasteiger partial charge in [-0.15, -0.1) is 0 Å². The number of likely N-dealkylation sites (N-methyl/N-ethyl adjacent to an activating group) is 1. The quantitative estimate of drug-likeness (QED) is 0.758. The van der Waals surface area contributed by atoms with Crippen molar-refractivity contribution in [3.8, 4) is 11.5 Å². The summed E-state index contributed by atoms with van der Waals surface area (Å²) in [4.78, 5) is 13.6. The van der Waals surface area contributed by atoms with Crippen LogP contribution in [0.2, 0.25) is 0 Å². The fraction of sp³-hybridized carbons (Fsp3) is 0.316. The molecule has 1 fully saturated rings. The second-order valence-electron chi connectivity index (χ2n) is 6.46. The number of anilines is 2. The molecule has 0 atom stereocenters. The van der Waals surface area contributed by atoms with Gasteiger partial charge in [-0.25, -0.2) is 4.98 Å². The predicted octanol–water partition coefficient (Wildman–Crippen LogP) is 2.50. The SMILES string of the molecule is CN1CCN(c2ccc(CNc3noc(-c4ccccc4)n3)cn2)CC1. The van der Waals surface area contributed by atoms with Crippen molar-refractivity contribution >= 4 is 11.8 Å². The molecule has 7 heteroatoms. The van der Waals surface area contributed by atoms with Crippen molar-refractivity contribution in [3.63, 3.8) is 0 Å². The molecule has 4 rings (SSSR count). The van der Waals surface area contributed by atoms with E-state index in [0.717, 1.165) is 43.1 Å². The van der Waals surface area contributed by atoms with Crippen molar-refractivity contribution in [1.82, 2.24) is 20.0 Å². The molecule has 1 N–H and O–H groups in total. The third-order valence-corrected chi connectivity index (χ3v) is 4.53. The highest BCUT2D eigenvalue weighted by atomic mass is 16.5. The molecule has 0 amide bonds. The van der Waals surface area contributed by atoms with Crippen LogP contribution in [-0.2, 0) is 6.54 Å². The zero-order chi connectivity index (χ0) is 17.8. The van der Waals surface area contributed by atoms with Gasteiger partial charge in [0.1, 0.15) is 5.82 Å². The highest BCUT2D eigenvalue weighted by molar-refractivity contribution is 5.53. The average Bonchev–Trinajstić information content (AvgIpc) is 3.17. The zero-order valence-electron chi connectivity index (χ0n) is 14.8. The largest absolute Gasteiger partial charge is 0.354 e. The molecule has 1 aromatic carbocycles. The van der Waals surface area contributed by atoms with Gasteiger partial charge in [0.2, 0.25) is 0 Å². The van der Waals surface area contributed by atoms with Gasteiger partial charge in [0, 0.05) is 44.5 Å². The predicted molar refractivity (Wildman–Crippen MR) is 101 cm³/mol. The maximum atomic E-state index is 5.30. The third-order valence-electron chi connectivity index (χ3n) is 4.53. The molecule has 0 bridgehead atoms. The Hall–Kier alpha value is -2.93. The maximum absolute atomic E-state index is 5.30. The number of nitrogens with one attached hydrogen (secondary N) is 1. The molecule has 1 saturated heterocycles. The molecule has 134 valence electrons. The Morgan fingerprint density at radius 2 is 1.85 bits per heavy atom. The van der Waals surface area contributed by atoms with Crippen molar-refractivity contribution < 1.29 is 4.52 Å². The number of piperazine rings is 1. The van der Waals surface area contributed by atoms with Gasteiger partial charge in [-0.05, 0) is 36.0 Å². The van der Waals surface area contributed by atoms with Crippen LogP contribution in [0.1, 0.15) is 5.56 Å². The minimum atomic E-state index is 0.479. The Morgan fingerprint density at radius 1 is 1.04 bits per heavy atom. The van der Waals surface area contributed by atoms with Crippen molar-refractivity contribution in [2.45, 2.75) is 6.54 Å². The third kappa shape index (κ3) is 3.83. The van der Waals surface area contributed by atoms with Gasteiger partial charge in [-0.3, -0.25) is 0 Å². The van der Waals surface area contributed by atoms with Gasteiger partial charge < -0.3 is 19.6 Å². The van der Waals surface area contributed by atoms with Gasteiger partial charge >= 0.3 is 0 Å². The number of rotatable bonds is 5. The molecule has 0 spiro atoms. The second-order valence-corrected chi connectivity index (χ2v) is 6.46. The van der Waals surface area contributed by atoms with Crippen LogP contribution in [-0.4, -0.2) is 53.3 Å². The summed E-state index contributed by atoms with van der Waals surface area (Å²) in [7, 11) is 2.15. The van der Waals surface area contributed by atoms with E-state index in [-0.39, 0.29) is 0 Å². The van der Waals surface area contributed by atoms with Crippen LogP contribution in [0.3, 0.4) is 0 Å². The van der Waals surface area contributed by atoms with Crippen molar-refractivity contribution in [1.29, 1.82) is 0 Å². The monoisotopic (exact) mass is 350 g/mol. The van der Waals surface area contributed by atoms with E-state index in [1.54, 1.807) is 0 Å². The van der Waals surface area contributed by atoms with Gasteiger partial charge in [0.05, 0.1) is 0 Å². The van der Waals surface area contributed by atoms with Crippen LogP contribution in [0, 0.1) is 0 Å². The van der Waals surface area contributed by atoms with Crippen LogP contribution >= 0.6 is 0 Å². The van der Waals surface area contributed by atoms with Gasteiger partial charge in [-0.2, -0.15) is 4.98 Å². The number of hydrogen-bond acceptors (Lipinski definition) is 7. The Labute approximate surface area is 152 Å². The lowest BCUT2D eigenvalue weighted by molar-refractivity contribution is 0.312. The Kier molecular flexibility index (Phi) is 4.79. The summed E-state index contributed by atoms with van der Waals surface area (Å²) in [6, 6.07) is 13.9. The summed E-state index contributed by atoms with van der Waals surface area (Å²) in [5, 5.41) is 7.15. The lowest BCUT2D eigenvalue weighted by Crippen LogP contribution is -2.44. The molecule has 0 aliphatic carbocycles. The summed E-state index contributed by atoms with van der Waals surface area (Å²) in [6.45, 7) is 4.79. The summed E-state index contributed by atoms with van der Waals surface area (Å²) < 4.78 is 5.30. The van der Waals surface area contributed by atoms with Crippen molar-refractivity contribution in [2.75, 3.05) is 43.4 Å². The van der Waals surface area contributed by atoms with Crippen LogP contribution in [0.15, 0.2) is 53.2 Å². The van der Waals surface area contributed by atoms with E-state index in [1.165, 1.54) is 0 Å². The van der Waals surface area contributed by atoms with E-state index in [1.807, 2.05) is 36.5 Å². The van der Waals surface area contributed by atoms with Crippen LogP contribution < -0.4 is 10.2 Å². The number of pyridine rings is 1. The first-order chi connectivity index (χ1) is 12.8. The zero-order valence-corrected chi connectivity index (χ0v) is 14.8. The first-order valence-corrected chi connectivity index (χ1v) is 8.79. The first-order valence-electron chi connectivity index (χ1n) is 8.79. The highest BCUT2D eigenvalue weighted by Crippen LogP contribution is 2.18. The van der Waals surface area contributed by atoms with Crippen LogP contribution in [0.5, 0.6) is 0 Å². The topological polar surface area (TPSA) is 70.3 Å². The highest BCUT2D eigenvalue weighted by Gasteiger charge is 2.15.